The van der Waals surface area contributed by atoms with Crippen LogP contribution in [0.2, 0.25) is 0 Å². The number of fused-ring (bicyclic) bond motifs is 1. The van der Waals surface area contributed by atoms with Gasteiger partial charge in [0.2, 0.25) is 16.0 Å². The first-order valence-corrected chi connectivity index (χ1v) is 11.8. The minimum atomic E-state index is -3.24. The average molecular weight is 451 g/mol. The summed E-state index contributed by atoms with van der Waals surface area (Å²) in [5.74, 6) is 1.09. The van der Waals surface area contributed by atoms with Gasteiger partial charge in [0.05, 0.1) is 16.8 Å². The van der Waals surface area contributed by atoms with Gasteiger partial charge in [0, 0.05) is 26.2 Å². The van der Waals surface area contributed by atoms with E-state index in [1.54, 1.807) is 13.0 Å². The van der Waals surface area contributed by atoms with Crippen LogP contribution in [-0.4, -0.2) is 60.5 Å². The SMILES string of the molecule is CCS(=O)(=O)N1CCN(c2nc(-c3ccc(C)o3)c3c(N)c(C(N)=O)sc3n2)CC1. The van der Waals surface area contributed by atoms with E-state index < -0.39 is 15.9 Å². The molecule has 1 amide bonds. The largest absolute Gasteiger partial charge is 0.460 e. The van der Waals surface area contributed by atoms with Crippen LogP contribution < -0.4 is 16.4 Å². The lowest BCUT2D eigenvalue weighted by molar-refractivity contribution is 0.100. The maximum Gasteiger partial charge on any atom is 0.260 e. The van der Waals surface area contributed by atoms with Crippen molar-refractivity contribution in [2.75, 3.05) is 42.6 Å². The van der Waals surface area contributed by atoms with Crippen molar-refractivity contribution >= 4 is 49.1 Å². The van der Waals surface area contributed by atoms with E-state index >= 15 is 0 Å². The number of nitrogens with zero attached hydrogens (tertiary/aromatic N) is 4. The third kappa shape index (κ3) is 3.50. The molecule has 0 unspecified atom stereocenters. The molecule has 1 aliphatic heterocycles. The quantitative estimate of drug-likeness (QED) is 0.593. The highest BCUT2D eigenvalue weighted by Crippen LogP contribution is 2.39. The molecule has 160 valence electrons. The lowest BCUT2D eigenvalue weighted by Crippen LogP contribution is -2.49. The first-order chi connectivity index (χ1) is 14.2. The molecule has 0 bridgehead atoms. The second-order valence-electron chi connectivity index (χ2n) is 6.96. The number of nitrogen functional groups attached to an aromatic ring is 1. The van der Waals surface area contributed by atoms with Crippen LogP contribution in [0.1, 0.15) is 22.4 Å². The van der Waals surface area contributed by atoms with E-state index in [9.17, 15) is 13.2 Å². The monoisotopic (exact) mass is 450 g/mol. The van der Waals surface area contributed by atoms with Crippen molar-refractivity contribution in [3.8, 4) is 11.5 Å². The fraction of sp³-hybridized carbons (Fsp3) is 0.389. The Balaban J connectivity index is 1.78. The summed E-state index contributed by atoms with van der Waals surface area (Å²) in [5.41, 5.74) is 12.4. The summed E-state index contributed by atoms with van der Waals surface area (Å²) >= 11 is 1.11. The predicted molar refractivity (Wildman–Crippen MR) is 116 cm³/mol. The Hall–Kier alpha value is -2.70. The molecule has 0 atom stereocenters. The summed E-state index contributed by atoms with van der Waals surface area (Å²) in [5, 5.41) is 0.527. The average Bonchev–Trinajstić information content (AvgIpc) is 3.31. The van der Waals surface area contributed by atoms with Crippen LogP contribution >= 0.6 is 11.3 Å². The van der Waals surface area contributed by atoms with Gasteiger partial charge < -0.3 is 20.8 Å². The molecule has 30 heavy (non-hydrogen) atoms. The van der Waals surface area contributed by atoms with Gasteiger partial charge >= 0.3 is 0 Å². The number of anilines is 2. The number of hydrogen-bond donors (Lipinski definition) is 2. The molecule has 1 aliphatic rings. The number of nitrogens with two attached hydrogens (primary N) is 2. The fourth-order valence-corrected chi connectivity index (χ4v) is 5.45. The number of aromatic nitrogens is 2. The van der Waals surface area contributed by atoms with E-state index in [1.165, 1.54) is 4.31 Å². The molecule has 1 fully saturated rings. The molecular weight excluding hydrogens is 428 g/mol. The molecule has 4 N–H and O–H groups in total. The second-order valence-corrected chi connectivity index (χ2v) is 10.2. The molecule has 12 heteroatoms. The zero-order valence-electron chi connectivity index (χ0n) is 16.6. The molecule has 0 saturated carbocycles. The molecular formula is C18H22N6O4S2. The van der Waals surface area contributed by atoms with E-state index in [-0.39, 0.29) is 16.3 Å². The van der Waals surface area contributed by atoms with Crippen LogP contribution in [0.3, 0.4) is 0 Å². The van der Waals surface area contributed by atoms with Gasteiger partial charge in [-0.3, -0.25) is 4.79 Å². The molecule has 10 nitrogen and oxygen atoms in total. The minimum absolute atomic E-state index is 0.0712. The number of aryl methyl sites for hydroxylation is 1. The third-order valence-corrected chi connectivity index (χ3v) is 8.05. The van der Waals surface area contributed by atoms with E-state index in [0.29, 0.717) is 59.6 Å². The van der Waals surface area contributed by atoms with E-state index in [1.807, 2.05) is 17.9 Å². The lowest BCUT2D eigenvalue weighted by Gasteiger charge is -2.33. The zero-order chi connectivity index (χ0) is 21.6. The van der Waals surface area contributed by atoms with Crippen LogP contribution in [0.15, 0.2) is 16.5 Å². The van der Waals surface area contributed by atoms with Crippen molar-refractivity contribution < 1.29 is 17.6 Å². The normalized spacial score (nSPS) is 15.7. The maximum atomic E-state index is 12.1. The summed E-state index contributed by atoms with van der Waals surface area (Å²) in [6.45, 7) is 5.06. The van der Waals surface area contributed by atoms with Crippen molar-refractivity contribution in [3.63, 3.8) is 0 Å². The number of rotatable bonds is 5. The number of amides is 1. The van der Waals surface area contributed by atoms with Crippen molar-refractivity contribution in [1.82, 2.24) is 14.3 Å². The standard InChI is InChI=1S/C18H22N6O4S2/c1-3-30(26,27)24-8-6-23(7-9-24)18-21-14(11-5-4-10(2)28-11)12-13(19)15(16(20)25)29-17(12)22-18/h4-5H,3,6-9,19H2,1-2H3,(H2,20,25). The molecule has 1 saturated heterocycles. The van der Waals surface area contributed by atoms with Crippen LogP contribution in [0, 0.1) is 6.92 Å². The lowest BCUT2D eigenvalue weighted by atomic mass is 10.2. The molecule has 0 aromatic carbocycles. The van der Waals surface area contributed by atoms with Gasteiger partial charge in [-0.1, -0.05) is 0 Å². The minimum Gasteiger partial charge on any atom is -0.460 e. The van der Waals surface area contributed by atoms with Gasteiger partial charge in [-0.2, -0.15) is 4.31 Å². The summed E-state index contributed by atoms with van der Waals surface area (Å²) < 4.78 is 31.5. The van der Waals surface area contributed by atoms with E-state index in [4.69, 9.17) is 15.9 Å². The number of hydrogen-bond acceptors (Lipinski definition) is 9. The molecule has 4 heterocycles. The zero-order valence-corrected chi connectivity index (χ0v) is 18.2. The second kappa shape index (κ2) is 7.52. The van der Waals surface area contributed by atoms with Crippen molar-refractivity contribution in [2.24, 2.45) is 5.73 Å². The topological polar surface area (TPSA) is 149 Å². The van der Waals surface area contributed by atoms with Crippen molar-refractivity contribution in [1.29, 1.82) is 0 Å². The van der Waals surface area contributed by atoms with Gasteiger partial charge in [0.25, 0.3) is 5.91 Å². The van der Waals surface area contributed by atoms with Crippen LogP contribution in [0.25, 0.3) is 21.7 Å². The number of piperazine rings is 1. The first kappa shape index (κ1) is 20.6. The Morgan fingerprint density at radius 1 is 1.23 bits per heavy atom. The van der Waals surface area contributed by atoms with Crippen LogP contribution in [0.5, 0.6) is 0 Å². The molecule has 3 aromatic heterocycles. The van der Waals surface area contributed by atoms with E-state index in [0.717, 1.165) is 11.3 Å². The highest BCUT2D eigenvalue weighted by atomic mass is 32.2. The Kier molecular flexibility index (Phi) is 5.16. The Bertz CT molecular complexity index is 1230. The number of sulfonamides is 1. The molecule has 0 aliphatic carbocycles. The fourth-order valence-electron chi connectivity index (χ4n) is 3.42. The molecule has 0 radical (unpaired) electrons. The van der Waals surface area contributed by atoms with Crippen LogP contribution in [0.4, 0.5) is 11.6 Å². The predicted octanol–water partition coefficient (Wildman–Crippen LogP) is 1.41. The summed E-state index contributed by atoms with van der Waals surface area (Å²) in [6.07, 6.45) is 0. The van der Waals surface area contributed by atoms with Crippen LogP contribution in [-0.2, 0) is 10.0 Å². The third-order valence-electron chi connectivity index (χ3n) is 5.05. The van der Waals surface area contributed by atoms with Gasteiger partial charge in [-0.15, -0.1) is 11.3 Å². The number of primary amides is 1. The van der Waals surface area contributed by atoms with Gasteiger partial charge in [0.15, 0.2) is 5.76 Å². The first-order valence-electron chi connectivity index (χ1n) is 9.40. The highest BCUT2D eigenvalue weighted by Gasteiger charge is 2.28. The van der Waals surface area contributed by atoms with E-state index in [2.05, 4.69) is 9.97 Å². The Labute approximate surface area is 177 Å². The highest BCUT2D eigenvalue weighted by molar-refractivity contribution is 7.89. The molecule has 0 spiro atoms. The van der Waals surface area contributed by atoms with Gasteiger partial charge in [-0.05, 0) is 26.0 Å². The number of carbonyl (C=O) groups excluding carboxylic acids is 1. The number of thiophene rings is 1. The molecule has 3 aromatic rings. The Morgan fingerprint density at radius 2 is 1.93 bits per heavy atom. The Morgan fingerprint density at radius 3 is 2.50 bits per heavy atom. The number of furan rings is 1. The molecule has 4 rings (SSSR count). The maximum absolute atomic E-state index is 12.1. The summed E-state index contributed by atoms with van der Waals surface area (Å²) in [6, 6.07) is 3.60. The van der Waals surface area contributed by atoms with Crippen molar-refractivity contribution in [3.05, 3.63) is 22.8 Å². The summed E-state index contributed by atoms with van der Waals surface area (Å²) in [4.78, 5) is 23.7. The van der Waals surface area contributed by atoms with Crippen molar-refractivity contribution in [2.45, 2.75) is 13.8 Å². The van der Waals surface area contributed by atoms with Gasteiger partial charge in [-0.25, -0.2) is 18.4 Å². The number of carbonyl (C=O) groups is 1. The smallest absolute Gasteiger partial charge is 0.260 e. The summed E-state index contributed by atoms with van der Waals surface area (Å²) in [7, 11) is -3.24. The van der Waals surface area contributed by atoms with Gasteiger partial charge in [0.1, 0.15) is 21.2 Å².